The number of phenols is 1. The summed E-state index contributed by atoms with van der Waals surface area (Å²) in [4.78, 5) is 10.6. The second kappa shape index (κ2) is 3.56. The molecule has 0 atom stereocenters. The molecule has 1 N–H and O–H groups in total. The molecule has 1 aromatic carbocycles. The Morgan fingerprint density at radius 1 is 1.46 bits per heavy atom. The molecule has 0 bridgehead atoms. The number of phenolic OH excluding ortho intramolecular Hbond substituents is 1. The first-order chi connectivity index (χ1) is 6.06. The van der Waals surface area contributed by atoms with E-state index in [0.29, 0.717) is 11.8 Å². The lowest BCUT2D eigenvalue weighted by Gasteiger charge is -2.09. The third-order valence-corrected chi connectivity index (χ3v) is 1.89. The first-order valence-corrected chi connectivity index (χ1v) is 4.04. The second-order valence-corrected chi connectivity index (χ2v) is 3.20. The van der Waals surface area contributed by atoms with E-state index in [1.165, 1.54) is 6.07 Å². The second-order valence-electron chi connectivity index (χ2n) is 3.20. The molecule has 0 heterocycles. The first kappa shape index (κ1) is 9.71. The fourth-order valence-electron chi connectivity index (χ4n) is 1.23. The normalized spacial score (nSPS) is 10.5. The minimum Gasteiger partial charge on any atom is -0.507 e. The van der Waals surface area contributed by atoms with Crippen LogP contribution in [0.4, 0.5) is 4.39 Å². The molecule has 0 saturated heterocycles. The standard InChI is InChI=1S/C10H11FO2/c1-6(2)8-3-7(11)4-10(13)9(8)5-12/h3-6,13H,1-2H3. The van der Waals surface area contributed by atoms with Crippen molar-refractivity contribution in [1.29, 1.82) is 0 Å². The van der Waals surface area contributed by atoms with Gasteiger partial charge in [-0.05, 0) is 17.5 Å². The van der Waals surface area contributed by atoms with Crippen molar-refractivity contribution in [2.24, 2.45) is 0 Å². The molecule has 0 spiro atoms. The van der Waals surface area contributed by atoms with Crippen LogP contribution < -0.4 is 0 Å². The van der Waals surface area contributed by atoms with Crippen molar-refractivity contribution >= 4 is 6.29 Å². The maximum atomic E-state index is 12.8. The van der Waals surface area contributed by atoms with Gasteiger partial charge in [-0.25, -0.2) is 4.39 Å². The third-order valence-electron chi connectivity index (χ3n) is 1.89. The Balaban J connectivity index is 3.38. The molecule has 1 aromatic rings. The van der Waals surface area contributed by atoms with E-state index in [-0.39, 0.29) is 17.2 Å². The van der Waals surface area contributed by atoms with Crippen LogP contribution in [0.3, 0.4) is 0 Å². The largest absolute Gasteiger partial charge is 0.507 e. The third kappa shape index (κ3) is 1.86. The van der Waals surface area contributed by atoms with E-state index in [9.17, 15) is 14.3 Å². The molecule has 0 radical (unpaired) electrons. The van der Waals surface area contributed by atoms with Gasteiger partial charge in [-0.1, -0.05) is 13.8 Å². The maximum Gasteiger partial charge on any atom is 0.154 e. The summed E-state index contributed by atoms with van der Waals surface area (Å²) in [5, 5.41) is 9.25. The summed E-state index contributed by atoms with van der Waals surface area (Å²) in [6.07, 6.45) is 0.546. The fourth-order valence-corrected chi connectivity index (χ4v) is 1.23. The monoisotopic (exact) mass is 182 g/mol. The number of carbonyl (C=O) groups excluding carboxylic acids is 1. The van der Waals surface area contributed by atoms with Gasteiger partial charge in [0.25, 0.3) is 0 Å². The van der Waals surface area contributed by atoms with Crippen LogP contribution in [0, 0.1) is 5.82 Å². The van der Waals surface area contributed by atoms with Crippen LogP contribution >= 0.6 is 0 Å². The molecule has 0 unspecified atom stereocenters. The molecule has 3 heteroatoms. The molecule has 70 valence electrons. The molecular weight excluding hydrogens is 171 g/mol. The summed E-state index contributed by atoms with van der Waals surface area (Å²) in [6.45, 7) is 3.67. The molecule has 0 aromatic heterocycles. The lowest BCUT2D eigenvalue weighted by Crippen LogP contribution is -1.96. The van der Waals surface area contributed by atoms with Gasteiger partial charge in [0, 0.05) is 6.07 Å². The highest BCUT2D eigenvalue weighted by Gasteiger charge is 2.12. The zero-order valence-corrected chi connectivity index (χ0v) is 7.54. The molecule has 0 fully saturated rings. The van der Waals surface area contributed by atoms with Gasteiger partial charge in [0.05, 0.1) is 5.56 Å². The minimum absolute atomic E-state index is 0.0156. The fraction of sp³-hybridized carbons (Fsp3) is 0.300. The molecule has 0 amide bonds. The Hall–Kier alpha value is -1.38. The van der Waals surface area contributed by atoms with Crippen LogP contribution in [-0.2, 0) is 0 Å². The van der Waals surface area contributed by atoms with Gasteiger partial charge in [-0.15, -0.1) is 0 Å². The van der Waals surface area contributed by atoms with Crippen molar-refractivity contribution in [2.75, 3.05) is 0 Å². The van der Waals surface area contributed by atoms with Crippen LogP contribution in [0.25, 0.3) is 0 Å². The van der Waals surface area contributed by atoms with E-state index in [1.807, 2.05) is 13.8 Å². The van der Waals surface area contributed by atoms with Crippen molar-refractivity contribution < 1.29 is 14.3 Å². The molecule has 0 aliphatic carbocycles. The topological polar surface area (TPSA) is 37.3 Å². The van der Waals surface area contributed by atoms with Crippen LogP contribution in [-0.4, -0.2) is 11.4 Å². The van der Waals surface area contributed by atoms with Gasteiger partial charge in [0.15, 0.2) is 6.29 Å². The Morgan fingerprint density at radius 2 is 2.08 bits per heavy atom. The maximum absolute atomic E-state index is 12.8. The summed E-state index contributed by atoms with van der Waals surface area (Å²) < 4.78 is 12.8. The van der Waals surface area contributed by atoms with Gasteiger partial charge in [0.1, 0.15) is 11.6 Å². The van der Waals surface area contributed by atoms with E-state index >= 15 is 0 Å². The molecular formula is C10H11FO2. The number of rotatable bonds is 2. The number of hydrogen-bond donors (Lipinski definition) is 1. The van der Waals surface area contributed by atoms with Crippen LogP contribution in [0.1, 0.15) is 35.7 Å². The predicted octanol–water partition coefficient (Wildman–Crippen LogP) is 2.47. The van der Waals surface area contributed by atoms with E-state index in [0.717, 1.165) is 6.07 Å². The van der Waals surface area contributed by atoms with Crippen molar-refractivity contribution in [3.63, 3.8) is 0 Å². The quantitative estimate of drug-likeness (QED) is 0.713. The van der Waals surface area contributed by atoms with Crippen molar-refractivity contribution in [3.05, 3.63) is 29.1 Å². The molecule has 1 rings (SSSR count). The minimum atomic E-state index is -0.521. The average molecular weight is 182 g/mol. The number of hydrogen-bond acceptors (Lipinski definition) is 2. The van der Waals surface area contributed by atoms with Gasteiger partial charge in [-0.3, -0.25) is 4.79 Å². The van der Waals surface area contributed by atoms with Crippen LogP contribution in [0.5, 0.6) is 5.75 Å². The van der Waals surface area contributed by atoms with E-state index in [2.05, 4.69) is 0 Å². The summed E-state index contributed by atoms with van der Waals surface area (Å²) in [5.41, 5.74) is 0.712. The summed E-state index contributed by atoms with van der Waals surface area (Å²) >= 11 is 0. The number of halogens is 1. The van der Waals surface area contributed by atoms with Crippen molar-refractivity contribution in [3.8, 4) is 5.75 Å². The van der Waals surface area contributed by atoms with E-state index in [1.54, 1.807) is 0 Å². The summed E-state index contributed by atoms with van der Waals surface area (Å²) in [6, 6.07) is 2.21. The van der Waals surface area contributed by atoms with Gasteiger partial charge >= 0.3 is 0 Å². The lowest BCUT2D eigenvalue weighted by molar-refractivity contribution is 0.111. The number of aromatic hydroxyl groups is 1. The molecule has 0 aliphatic rings. The van der Waals surface area contributed by atoms with Crippen molar-refractivity contribution in [2.45, 2.75) is 19.8 Å². The molecule has 2 nitrogen and oxygen atoms in total. The number of carbonyl (C=O) groups is 1. The zero-order valence-electron chi connectivity index (χ0n) is 7.54. The van der Waals surface area contributed by atoms with Gasteiger partial charge in [0.2, 0.25) is 0 Å². The molecule has 0 saturated carbocycles. The highest BCUT2D eigenvalue weighted by atomic mass is 19.1. The average Bonchev–Trinajstić information content (AvgIpc) is 2.02. The SMILES string of the molecule is CC(C)c1cc(F)cc(O)c1C=O. The predicted molar refractivity (Wildman–Crippen MR) is 47.5 cm³/mol. The highest BCUT2D eigenvalue weighted by molar-refractivity contribution is 5.81. The number of aldehydes is 1. The van der Waals surface area contributed by atoms with Crippen LogP contribution in [0.15, 0.2) is 12.1 Å². The van der Waals surface area contributed by atoms with E-state index in [4.69, 9.17) is 0 Å². The molecule has 0 aliphatic heterocycles. The Bertz CT molecular complexity index is 332. The van der Waals surface area contributed by atoms with Gasteiger partial charge < -0.3 is 5.11 Å². The Labute approximate surface area is 76.0 Å². The Morgan fingerprint density at radius 3 is 2.54 bits per heavy atom. The molecule has 13 heavy (non-hydrogen) atoms. The number of benzene rings is 1. The van der Waals surface area contributed by atoms with Crippen molar-refractivity contribution in [1.82, 2.24) is 0 Å². The first-order valence-electron chi connectivity index (χ1n) is 4.04. The van der Waals surface area contributed by atoms with Crippen LogP contribution in [0.2, 0.25) is 0 Å². The summed E-state index contributed by atoms with van der Waals surface area (Å²) in [5.74, 6) is -0.799. The zero-order chi connectivity index (χ0) is 10.0. The lowest BCUT2D eigenvalue weighted by atomic mass is 9.97. The van der Waals surface area contributed by atoms with E-state index < -0.39 is 5.82 Å². The van der Waals surface area contributed by atoms with Gasteiger partial charge in [-0.2, -0.15) is 0 Å². The highest BCUT2D eigenvalue weighted by Crippen LogP contribution is 2.26. The smallest absolute Gasteiger partial charge is 0.154 e. The summed E-state index contributed by atoms with van der Waals surface area (Å²) in [7, 11) is 0. The Kier molecular flexibility index (Phi) is 2.66.